The predicted octanol–water partition coefficient (Wildman–Crippen LogP) is 3.20. The summed E-state index contributed by atoms with van der Waals surface area (Å²) in [4.78, 5) is 0. The first-order valence-electron chi connectivity index (χ1n) is 6.20. The lowest BCUT2D eigenvalue weighted by molar-refractivity contribution is 0.305. The van der Waals surface area contributed by atoms with Crippen LogP contribution in [0.3, 0.4) is 0 Å². The Balaban J connectivity index is 2.06. The molecule has 0 saturated heterocycles. The van der Waals surface area contributed by atoms with Gasteiger partial charge in [0.1, 0.15) is 12.4 Å². The second-order valence-electron chi connectivity index (χ2n) is 4.19. The molecule has 2 aromatic carbocycles. The van der Waals surface area contributed by atoms with Gasteiger partial charge in [0.05, 0.1) is 6.21 Å². The van der Waals surface area contributed by atoms with Crippen LogP contribution in [-0.4, -0.2) is 11.3 Å². The number of nitrogens with zero attached hydrogens (tertiary/aromatic N) is 1. The first-order chi connectivity index (χ1) is 10.1. The summed E-state index contributed by atoms with van der Waals surface area (Å²) in [7, 11) is 0. The molecule has 0 atom stereocenters. The van der Waals surface area contributed by atoms with Crippen LogP contribution in [0.25, 0.3) is 0 Å². The van der Waals surface area contributed by atoms with Crippen molar-refractivity contribution in [2.24, 2.45) is 10.8 Å². The highest BCUT2D eigenvalue weighted by molar-refractivity contribution is 9.10. The van der Waals surface area contributed by atoms with Crippen molar-refractivity contribution >= 4 is 39.5 Å². The number of nitrogens with two attached hydrogens (primary N) is 1. The van der Waals surface area contributed by atoms with E-state index in [4.69, 9.17) is 10.5 Å². The van der Waals surface area contributed by atoms with Crippen molar-refractivity contribution in [3.05, 3.63) is 64.1 Å². The maximum absolute atomic E-state index is 5.83. The van der Waals surface area contributed by atoms with Crippen LogP contribution in [0.15, 0.2) is 58.1 Å². The van der Waals surface area contributed by atoms with Gasteiger partial charge in [0, 0.05) is 10.0 Å². The highest BCUT2D eigenvalue weighted by Gasteiger charge is 2.01. The van der Waals surface area contributed by atoms with Crippen LogP contribution in [-0.2, 0) is 6.61 Å². The van der Waals surface area contributed by atoms with E-state index in [0.717, 1.165) is 21.3 Å². The average Bonchev–Trinajstić information content (AvgIpc) is 2.46. The molecule has 0 saturated carbocycles. The van der Waals surface area contributed by atoms with E-state index in [1.54, 1.807) is 6.21 Å². The minimum absolute atomic E-state index is 0.124. The fourth-order valence-electron chi connectivity index (χ4n) is 1.67. The number of hydrazone groups is 1. The fourth-order valence-corrected chi connectivity index (χ4v) is 2.17. The lowest BCUT2D eigenvalue weighted by atomic mass is 10.2. The van der Waals surface area contributed by atoms with Crippen LogP contribution in [0.4, 0.5) is 0 Å². The summed E-state index contributed by atoms with van der Waals surface area (Å²) in [6.07, 6.45) is 1.62. The smallest absolute Gasteiger partial charge is 0.184 e. The molecule has 0 radical (unpaired) electrons. The maximum atomic E-state index is 5.83. The van der Waals surface area contributed by atoms with Crippen LogP contribution in [0, 0.1) is 0 Å². The number of nitrogens with one attached hydrogen (secondary N) is 1. The third-order valence-corrected chi connectivity index (χ3v) is 3.17. The molecule has 0 aliphatic rings. The molecule has 4 nitrogen and oxygen atoms in total. The van der Waals surface area contributed by atoms with Crippen molar-refractivity contribution in [3.8, 4) is 5.75 Å². The molecule has 108 valence electrons. The van der Waals surface area contributed by atoms with Crippen LogP contribution >= 0.6 is 28.1 Å². The van der Waals surface area contributed by atoms with E-state index in [1.165, 1.54) is 0 Å². The molecule has 3 N–H and O–H groups in total. The monoisotopic (exact) mass is 363 g/mol. The molecule has 2 rings (SSSR count). The second kappa shape index (κ2) is 7.75. The molecule has 0 amide bonds. The summed E-state index contributed by atoms with van der Waals surface area (Å²) in [6, 6.07) is 15.6. The average molecular weight is 364 g/mol. The lowest BCUT2D eigenvalue weighted by Crippen LogP contribution is -2.24. The van der Waals surface area contributed by atoms with Crippen molar-refractivity contribution < 1.29 is 4.74 Å². The standard InChI is InChI=1S/C15H14BrN3OS/c16-13-6-3-4-11(8-13)10-20-14-7-2-1-5-12(14)9-18-19-15(17)21/h1-9H,10H2,(H3,17,19,21). The zero-order valence-electron chi connectivity index (χ0n) is 11.1. The minimum Gasteiger partial charge on any atom is -0.488 e. The van der Waals surface area contributed by atoms with Gasteiger partial charge in [-0.15, -0.1) is 0 Å². The van der Waals surface area contributed by atoms with Gasteiger partial charge in [0.25, 0.3) is 0 Å². The molecule has 0 aromatic heterocycles. The van der Waals surface area contributed by atoms with Crippen LogP contribution < -0.4 is 15.9 Å². The van der Waals surface area contributed by atoms with Gasteiger partial charge >= 0.3 is 0 Å². The molecule has 6 heteroatoms. The molecule has 0 spiro atoms. The first-order valence-corrected chi connectivity index (χ1v) is 7.40. The van der Waals surface area contributed by atoms with Gasteiger partial charge in [-0.25, -0.2) is 0 Å². The van der Waals surface area contributed by atoms with E-state index in [2.05, 4.69) is 38.7 Å². The van der Waals surface area contributed by atoms with Crippen LogP contribution in [0.5, 0.6) is 5.75 Å². The molecule has 0 unspecified atom stereocenters. The molecular weight excluding hydrogens is 350 g/mol. The zero-order chi connectivity index (χ0) is 15.1. The Morgan fingerprint density at radius 3 is 2.86 bits per heavy atom. The van der Waals surface area contributed by atoms with Gasteiger partial charge in [-0.1, -0.05) is 40.2 Å². The number of hydrogen-bond donors (Lipinski definition) is 2. The Labute approximate surface area is 137 Å². The van der Waals surface area contributed by atoms with E-state index < -0.39 is 0 Å². The van der Waals surface area contributed by atoms with Gasteiger partial charge in [-0.2, -0.15) is 5.10 Å². The maximum Gasteiger partial charge on any atom is 0.184 e. The van der Waals surface area contributed by atoms with E-state index >= 15 is 0 Å². The lowest BCUT2D eigenvalue weighted by Gasteiger charge is -2.09. The van der Waals surface area contributed by atoms with E-state index in [0.29, 0.717) is 6.61 Å². The molecule has 0 heterocycles. The topological polar surface area (TPSA) is 59.6 Å². The van der Waals surface area contributed by atoms with Gasteiger partial charge in [0.2, 0.25) is 0 Å². The highest BCUT2D eigenvalue weighted by Crippen LogP contribution is 2.19. The first kappa shape index (κ1) is 15.5. The Kier molecular flexibility index (Phi) is 5.71. The van der Waals surface area contributed by atoms with Crippen molar-refractivity contribution in [2.75, 3.05) is 0 Å². The SMILES string of the molecule is NC(=S)NN=Cc1ccccc1OCc1cccc(Br)c1. The number of hydrogen-bond acceptors (Lipinski definition) is 3. The van der Waals surface area contributed by atoms with Crippen molar-refractivity contribution in [3.63, 3.8) is 0 Å². The number of para-hydroxylation sites is 1. The summed E-state index contributed by atoms with van der Waals surface area (Å²) in [5.41, 5.74) is 9.76. The summed E-state index contributed by atoms with van der Waals surface area (Å²) >= 11 is 8.13. The molecule has 0 fully saturated rings. The molecular formula is C15H14BrN3OS. The van der Waals surface area contributed by atoms with Gasteiger partial charge < -0.3 is 10.5 Å². The van der Waals surface area contributed by atoms with Crippen LogP contribution in [0.1, 0.15) is 11.1 Å². The van der Waals surface area contributed by atoms with Crippen molar-refractivity contribution in [1.29, 1.82) is 0 Å². The fraction of sp³-hybridized carbons (Fsp3) is 0.0667. The molecule has 0 aliphatic heterocycles. The number of halogens is 1. The van der Waals surface area contributed by atoms with Gasteiger partial charge in [-0.3, -0.25) is 5.43 Å². The number of thiocarbonyl (C=S) groups is 1. The summed E-state index contributed by atoms with van der Waals surface area (Å²) < 4.78 is 6.86. The minimum atomic E-state index is 0.124. The third-order valence-electron chi connectivity index (χ3n) is 2.58. The third kappa shape index (κ3) is 5.17. The second-order valence-corrected chi connectivity index (χ2v) is 5.55. The van der Waals surface area contributed by atoms with Crippen molar-refractivity contribution in [2.45, 2.75) is 6.61 Å². The van der Waals surface area contributed by atoms with E-state index in [-0.39, 0.29) is 5.11 Å². The predicted molar refractivity (Wildman–Crippen MR) is 92.4 cm³/mol. The Bertz CT molecular complexity index is 661. The van der Waals surface area contributed by atoms with E-state index in [9.17, 15) is 0 Å². The highest BCUT2D eigenvalue weighted by atomic mass is 79.9. The normalized spacial score (nSPS) is 10.5. The molecule has 0 bridgehead atoms. The quantitative estimate of drug-likeness (QED) is 0.486. The largest absolute Gasteiger partial charge is 0.488 e. The molecule has 21 heavy (non-hydrogen) atoms. The Morgan fingerprint density at radius 1 is 1.29 bits per heavy atom. The number of benzene rings is 2. The Hall–Kier alpha value is -1.92. The Morgan fingerprint density at radius 2 is 2.10 bits per heavy atom. The number of ether oxygens (including phenoxy) is 1. The van der Waals surface area contributed by atoms with Crippen molar-refractivity contribution in [1.82, 2.24) is 5.43 Å². The summed E-state index contributed by atoms with van der Waals surface area (Å²) in [5, 5.41) is 4.07. The van der Waals surface area contributed by atoms with Gasteiger partial charge in [0.15, 0.2) is 5.11 Å². The summed E-state index contributed by atoms with van der Waals surface area (Å²) in [6.45, 7) is 0.479. The molecule has 2 aromatic rings. The van der Waals surface area contributed by atoms with E-state index in [1.807, 2.05) is 48.5 Å². The number of rotatable bonds is 5. The van der Waals surface area contributed by atoms with Crippen LogP contribution in [0.2, 0.25) is 0 Å². The zero-order valence-corrected chi connectivity index (χ0v) is 13.5. The summed E-state index contributed by atoms with van der Waals surface area (Å²) in [5.74, 6) is 0.742. The van der Waals surface area contributed by atoms with Gasteiger partial charge in [-0.05, 0) is 42.0 Å². The molecule has 0 aliphatic carbocycles.